The Morgan fingerprint density at radius 2 is 1.16 bits per heavy atom. The van der Waals surface area contributed by atoms with Gasteiger partial charge in [0.15, 0.2) is 5.71 Å². The average Bonchev–Trinajstić information content (AvgIpc) is 3.69. The summed E-state index contributed by atoms with van der Waals surface area (Å²) in [4.78, 5) is 9.85. The lowest BCUT2D eigenvalue weighted by Gasteiger charge is -2.31. The molecule has 2 aliphatic heterocycles. The Labute approximate surface area is 437 Å². The summed E-state index contributed by atoms with van der Waals surface area (Å²) < 4.78 is 173. The number of nitrogens with zero attached hydrogens (tertiary/aromatic N) is 2. The smallest absolute Gasteiger partial charge is 0.303 e. The fourth-order valence-corrected chi connectivity index (χ4v) is 12.5. The zero-order valence-corrected chi connectivity index (χ0v) is 45.2. The second kappa shape index (κ2) is 24.0. The number of methoxy groups -OCH3 is 1. The largest absolute Gasteiger partial charge is 0.744 e. The SMILES string of the molecule is CC[N+]1=C(/C=C/C=C/C=C/C=C2/N(CCCCCC(=O)O)c3ccc4c(S(=O)(=O)[O-])cc(S(=O)(=O)[O-])cc4c3C2(C)CCOCCOCCOCCOC)C(C)(C)c2c1ccc1c(S(=O)(=O)[O-])cc(S(=O)(=O)[O-])cc21. The van der Waals surface area contributed by atoms with E-state index in [4.69, 9.17) is 18.9 Å². The molecule has 0 radical (unpaired) electrons. The Hall–Kier alpha value is -5.22. The van der Waals surface area contributed by atoms with Crippen LogP contribution in [-0.2, 0) is 75.0 Å². The predicted molar refractivity (Wildman–Crippen MR) is 273 cm³/mol. The third-order valence-corrected chi connectivity index (χ3v) is 16.6. The van der Waals surface area contributed by atoms with Crippen LogP contribution in [0.3, 0.4) is 0 Å². The molecule has 0 saturated heterocycles. The topological polar surface area (TPSA) is 309 Å². The van der Waals surface area contributed by atoms with Crippen LogP contribution in [0.4, 0.5) is 11.4 Å². The highest BCUT2D eigenvalue weighted by molar-refractivity contribution is 7.87. The average molecular weight is 1120 g/mol. The molecule has 0 fully saturated rings. The molecule has 0 bridgehead atoms. The van der Waals surface area contributed by atoms with E-state index in [2.05, 4.69) is 0 Å². The number of allylic oxidation sites excluding steroid dienone is 8. The number of anilines is 1. The predicted octanol–water partition coefficient (Wildman–Crippen LogP) is 6.07. The minimum absolute atomic E-state index is 0.0231. The molecule has 2 aliphatic rings. The summed E-state index contributed by atoms with van der Waals surface area (Å²) in [5, 5.41) is 9.36. The van der Waals surface area contributed by atoms with Crippen LogP contribution < -0.4 is 4.90 Å². The second-order valence-corrected chi connectivity index (χ2v) is 23.9. The van der Waals surface area contributed by atoms with Crippen molar-refractivity contribution >= 4 is 85.1 Å². The van der Waals surface area contributed by atoms with Crippen molar-refractivity contribution in [3.63, 3.8) is 0 Å². The van der Waals surface area contributed by atoms with Gasteiger partial charge in [0.05, 0.1) is 64.6 Å². The number of aliphatic carboxylic acids is 1. The van der Waals surface area contributed by atoms with E-state index >= 15 is 0 Å². The highest BCUT2D eigenvalue weighted by Crippen LogP contribution is 2.54. The lowest BCUT2D eigenvalue weighted by molar-refractivity contribution is -0.433. The quantitative estimate of drug-likeness (QED) is 0.0306. The van der Waals surface area contributed by atoms with E-state index in [9.17, 15) is 61.8 Å². The molecule has 24 heteroatoms. The zero-order chi connectivity index (χ0) is 55.1. The lowest BCUT2D eigenvalue weighted by atomic mass is 9.76. The maximum absolute atomic E-state index is 12.7. The first-order valence-corrected chi connectivity index (χ1v) is 29.5. The summed E-state index contributed by atoms with van der Waals surface area (Å²) in [6.07, 6.45) is 14.0. The number of unbranched alkanes of at least 4 members (excludes halogenated alkanes) is 2. The number of carboxylic acids is 1. The Kier molecular flexibility index (Phi) is 18.9. The number of benzene rings is 4. The minimum Gasteiger partial charge on any atom is -0.744 e. The van der Waals surface area contributed by atoms with Crippen LogP contribution in [0.1, 0.15) is 70.9 Å². The monoisotopic (exact) mass is 1120 g/mol. The van der Waals surface area contributed by atoms with Gasteiger partial charge >= 0.3 is 5.97 Å². The van der Waals surface area contributed by atoms with Crippen molar-refractivity contribution < 1.29 is 85.3 Å². The molecule has 20 nitrogen and oxygen atoms in total. The standard InChI is InChI=1S/C51H62N2O18S4/c1-6-52-41-20-18-37-39(31-35(72(56,57)58)33-43(37)74(62,63)64)48(41)50(2,3)45(52)15-11-8-7-9-12-16-46-51(4,22-24-69-27-28-71-30-29-70-26-25-68-5)49-40-32-36(73(59,60)61)34-44(75(65,66)67)38(40)19-21-42(49)53(46)23-14-10-13-17-47(54)55/h7-9,11-12,15-16,18-21,31-34H,6,10,13-14,17,22-30H2,1-5H3,(H4-,54,55,56,57,58,59,60,61,62,63,64,65,66,67)/p-3. The molecule has 0 aromatic heterocycles. The van der Waals surface area contributed by atoms with Gasteiger partial charge in [-0.1, -0.05) is 42.9 Å². The summed E-state index contributed by atoms with van der Waals surface area (Å²) >= 11 is 0. The van der Waals surface area contributed by atoms with Gasteiger partial charge < -0.3 is 47.2 Å². The Morgan fingerprint density at radius 3 is 1.69 bits per heavy atom. The van der Waals surface area contributed by atoms with Crippen molar-refractivity contribution in [2.75, 3.05) is 71.3 Å². The summed E-state index contributed by atoms with van der Waals surface area (Å²) in [7, 11) is -19.4. The van der Waals surface area contributed by atoms with Gasteiger partial charge in [-0.3, -0.25) is 4.79 Å². The number of carbonyl (C=O) groups is 1. The molecule has 1 N–H and O–H groups in total. The van der Waals surface area contributed by atoms with Gasteiger partial charge in [-0.05, 0) is 111 Å². The number of rotatable bonds is 27. The lowest BCUT2D eigenvalue weighted by Crippen LogP contribution is -2.30. The molecule has 408 valence electrons. The van der Waals surface area contributed by atoms with Crippen LogP contribution >= 0.6 is 0 Å². The van der Waals surface area contributed by atoms with Crippen molar-refractivity contribution in [3.8, 4) is 0 Å². The van der Waals surface area contributed by atoms with Gasteiger partial charge in [0.2, 0.25) is 5.69 Å². The van der Waals surface area contributed by atoms with Gasteiger partial charge in [-0.2, -0.15) is 4.58 Å². The van der Waals surface area contributed by atoms with E-state index in [0.717, 1.165) is 17.8 Å². The van der Waals surface area contributed by atoms with E-state index in [0.29, 0.717) is 99.1 Å². The molecule has 0 saturated carbocycles. The maximum atomic E-state index is 12.7. The van der Waals surface area contributed by atoms with Gasteiger partial charge in [0.1, 0.15) is 47.0 Å². The Morgan fingerprint density at radius 1 is 0.640 bits per heavy atom. The van der Waals surface area contributed by atoms with E-state index < -0.39 is 76.9 Å². The van der Waals surface area contributed by atoms with Crippen molar-refractivity contribution in [2.45, 2.75) is 90.2 Å². The highest BCUT2D eigenvalue weighted by atomic mass is 32.2. The minimum atomic E-state index is -5.31. The van der Waals surface area contributed by atoms with Crippen LogP contribution in [-0.4, -0.2) is 140 Å². The first-order valence-electron chi connectivity index (χ1n) is 23.8. The summed E-state index contributed by atoms with van der Waals surface area (Å²) in [5.74, 6) is -0.945. The molecule has 2 heterocycles. The normalized spacial score (nSPS) is 17.8. The Bertz CT molecular complexity index is 3460. The van der Waals surface area contributed by atoms with Crippen LogP contribution in [0, 0.1) is 0 Å². The number of fused-ring (bicyclic) bond motifs is 6. The van der Waals surface area contributed by atoms with E-state index in [1.165, 1.54) is 12.1 Å². The fraction of sp³-hybridized carbons (Fsp3) is 0.412. The van der Waals surface area contributed by atoms with E-state index in [1.807, 2.05) is 49.3 Å². The first-order chi connectivity index (χ1) is 35.2. The van der Waals surface area contributed by atoms with E-state index in [1.54, 1.807) is 49.6 Å². The molecule has 0 aliphatic carbocycles. The fourth-order valence-electron chi connectivity index (χ4n) is 9.84. The van der Waals surface area contributed by atoms with Crippen LogP contribution in [0.25, 0.3) is 21.5 Å². The van der Waals surface area contributed by atoms with Gasteiger partial charge in [0, 0.05) is 66.6 Å². The van der Waals surface area contributed by atoms with Gasteiger partial charge in [-0.15, -0.1) is 0 Å². The highest BCUT2D eigenvalue weighted by Gasteiger charge is 2.46. The van der Waals surface area contributed by atoms with E-state index in [-0.39, 0.29) is 54.2 Å². The molecule has 1 atom stereocenters. The van der Waals surface area contributed by atoms with Crippen molar-refractivity contribution in [2.24, 2.45) is 0 Å². The van der Waals surface area contributed by atoms with Crippen LogP contribution in [0.2, 0.25) is 0 Å². The molecule has 6 rings (SSSR count). The Balaban J connectivity index is 1.37. The molecule has 4 aromatic rings. The third kappa shape index (κ3) is 13.5. The van der Waals surface area contributed by atoms with Crippen LogP contribution in [0.5, 0.6) is 0 Å². The zero-order valence-electron chi connectivity index (χ0n) is 42.0. The molecule has 1 unspecified atom stereocenters. The van der Waals surface area contributed by atoms with Crippen molar-refractivity contribution in [1.82, 2.24) is 0 Å². The van der Waals surface area contributed by atoms with Crippen molar-refractivity contribution in [1.29, 1.82) is 0 Å². The second-order valence-electron chi connectivity index (χ2n) is 18.5. The molecule has 0 spiro atoms. The summed E-state index contributed by atoms with van der Waals surface area (Å²) in [6.45, 7) is 10.3. The number of hydrogen-bond acceptors (Lipinski definition) is 18. The number of hydrogen-bond donors (Lipinski definition) is 1. The molecule has 4 aromatic carbocycles. The number of ether oxygens (including phenoxy) is 4. The molecular weight excluding hydrogens is 1060 g/mol. The van der Waals surface area contributed by atoms with Gasteiger partial charge in [0.25, 0.3) is 0 Å². The molecular formula is C51H59N2O18S4-3. The maximum Gasteiger partial charge on any atom is 0.303 e. The van der Waals surface area contributed by atoms with Crippen LogP contribution in [0.15, 0.2) is 116 Å². The first kappa shape index (κ1) is 59.0. The number of carboxylic acid groups (broad SMARTS) is 1. The van der Waals surface area contributed by atoms with Gasteiger partial charge in [-0.25, -0.2) is 33.7 Å². The molecule has 75 heavy (non-hydrogen) atoms. The summed E-state index contributed by atoms with van der Waals surface area (Å²) in [5.41, 5.74) is 1.51. The summed E-state index contributed by atoms with van der Waals surface area (Å²) in [6, 6.07) is 9.43. The third-order valence-electron chi connectivity index (χ3n) is 13.2. The van der Waals surface area contributed by atoms with Crippen molar-refractivity contribution in [3.05, 3.63) is 108 Å². The molecule has 0 amide bonds.